The van der Waals surface area contributed by atoms with Crippen LogP contribution in [0.25, 0.3) is 0 Å². The molecule has 1 heterocycles. The Labute approximate surface area is 90.9 Å². The summed E-state index contributed by atoms with van der Waals surface area (Å²) in [6.45, 7) is 3.08. The third-order valence-corrected chi connectivity index (χ3v) is 2.97. The normalized spacial score (nSPS) is 21.0. The van der Waals surface area contributed by atoms with Gasteiger partial charge in [-0.05, 0) is 24.5 Å². The Kier molecular flexibility index (Phi) is 3.05. The molecule has 0 radical (unpaired) electrons. The lowest BCUT2D eigenvalue weighted by molar-refractivity contribution is -0.117. The van der Waals surface area contributed by atoms with Gasteiger partial charge in [0.15, 0.2) is 0 Å². The standard InChI is InChI=1S/C13H17NO/c1-2-6-11-9-13(15)14(10-11)12-7-4-3-5-8-12/h3-5,7-8,11H,2,6,9-10H2,1H3/t11-/m0/s1. The highest BCUT2D eigenvalue weighted by Gasteiger charge is 2.29. The van der Waals surface area contributed by atoms with Crippen molar-refractivity contribution in [1.82, 2.24) is 0 Å². The summed E-state index contributed by atoms with van der Waals surface area (Å²) in [6.07, 6.45) is 3.05. The van der Waals surface area contributed by atoms with E-state index < -0.39 is 0 Å². The van der Waals surface area contributed by atoms with Crippen molar-refractivity contribution < 1.29 is 4.79 Å². The quantitative estimate of drug-likeness (QED) is 0.739. The van der Waals surface area contributed by atoms with E-state index in [9.17, 15) is 4.79 Å². The monoisotopic (exact) mass is 203 g/mol. The summed E-state index contributed by atoms with van der Waals surface area (Å²) in [6, 6.07) is 9.96. The Balaban J connectivity index is 2.09. The molecule has 15 heavy (non-hydrogen) atoms. The Morgan fingerprint density at radius 3 is 2.73 bits per heavy atom. The van der Waals surface area contributed by atoms with E-state index in [2.05, 4.69) is 6.92 Å². The average molecular weight is 203 g/mol. The molecule has 1 aliphatic heterocycles. The van der Waals surface area contributed by atoms with Gasteiger partial charge < -0.3 is 4.90 Å². The van der Waals surface area contributed by atoms with Crippen molar-refractivity contribution in [3.8, 4) is 0 Å². The van der Waals surface area contributed by atoms with Crippen molar-refractivity contribution in [3.05, 3.63) is 30.3 Å². The molecule has 0 unspecified atom stereocenters. The van der Waals surface area contributed by atoms with E-state index in [4.69, 9.17) is 0 Å². The van der Waals surface area contributed by atoms with Gasteiger partial charge in [-0.25, -0.2) is 0 Å². The van der Waals surface area contributed by atoms with E-state index in [1.807, 2.05) is 35.2 Å². The van der Waals surface area contributed by atoms with E-state index in [1.54, 1.807) is 0 Å². The minimum atomic E-state index is 0.277. The number of hydrogen-bond acceptors (Lipinski definition) is 1. The third kappa shape index (κ3) is 2.20. The molecule has 0 saturated carbocycles. The van der Waals surface area contributed by atoms with Crippen molar-refractivity contribution in [2.45, 2.75) is 26.2 Å². The SMILES string of the molecule is CCC[C@H]1CC(=O)N(c2ccccc2)C1. The summed E-state index contributed by atoms with van der Waals surface area (Å²) in [4.78, 5) is 13.7. The molecule has 0 spiro atoms. The van der Waals surface area contributed by atoms with Gasteiger partial charge in [0.25, 0.3) is 0 Å². The van der Waals surface area contributed by atoms with Crippen LogP contribution < -0.4 is 4.90 Å². The molecule has 0 aromatic heterocycles. The van der Waals surface area contributed by atoms with Gasteiger partial charge in [-0.15, -0.1) is 0 Å². The number of benzene rings is 1. The molecule has 1 aromatic carbocycles. The molecule has 2 rings (SSSR count). The average Bonchev–Trinajstić information content (AvgIpc) is 2.61. The van der Waals surface area contributed by atoms with Crippen LogP contribution in [0.3, 0.4) is 0 Å². The predicted octanol–water partition coefficient (Wildman–Crippen LogP) is 2.84. The lowest BCUT2D eigenvalue weighted by atomic mass is 10.0. The molecule has 1 fully saturated rings. The molecule has 2 heteroatoms. The van der Waals surface area contributed by atoms with Gasteiger partial charge in [-0.1, -0.05) is 31.5 Å². The highest BCUT2D eigenvalue weighted by molar-refractivity contribution is 5.95. The minimum absolute atomic E-state index is 0.277. The zero-order valence-corrected chi connectivity index (χ0v) is 9.15. The van der Waals surface area contributed by atoms with Crippen molar-refractivity contribution in [1.29, 1.82) is 0 Å². The fourth-order valence-corrected chi connectivity index (χ4v) is 2.24. The number of carbonyl (C=O) groups excluding carboxylic acids is 1. The summed E-state index contributed by atoms with van der Waals surface area (Å²) in [5.74, 6) is 0.836. The van der Waals surface area contributed by atoms with Gasteiger partial charge in [0.2, 0.25) is 5.91 Å². The molecule has 1 aliphatic rings. The van der Waals surface area contributed by atoms with E-state index in [0.717, 1.165) is 25.1 Å². The molecule has 0 N–H and O–H groups in total. The smallest absolute Gasteiger partial charge is 0.227 e. The summed E-state index contributed by atoms with van der Waals surface area (Å²) in [7, 11) is 0. The number of amides is 1. The van der Waals surface area contributed by atoms with Crippen LogP contribution >= 0.6 is 0 Å². The Hall–Kier alpha value is -1.31. The van der Waals surface area contributed by atoms with Crippen molar-refractivity contribution in [3.63, 3.8) is 0 Å². The molecular weight excluding hydrogens is 186 g/mol. The second-order valence-corrected chi connectivity index (χ2v) is 4.20. The molecule has 0 bridgehead atoms. The van der Waals surface area contributed by atoms with Crippen LogP contribution in [0.1, 0.15) is 26.2 Å². The first kappa shape index (κ1) is 10.2. The predicted molar refractivity (Wildman–Crippen MR) is 61.8 cm³/mol. The van der Waals surface area contributed by atoms with Gasteiger partial charge in [0.05, 0.1) is 0 Å². The van der Waals surface area contributed by atoms with E-state index in [0.29, 0.717) is 5.92 Å². The molecule has 1 atom stereocenters. The molecule has 0 aliphatic carbocycles. The summed E-state index contributed by atoms with van der Waals surface area (Å²) >= 11 is 0. The largest absolute Gasteiger partial charge is 0.312 e. The van der Waals surface area contributed by atoms with Crippen LogP contribution in [0.2, 0.25) is 0 Å². The Morgan fingerprint density at radius 2 is 2.07 bits per heavy atom. The Morgan fingerprint density at radius 1 is 1.33 bits per heavy atom. The van der Waals surface area contributed by atoms with Crippen molar-refractivity contribution in [2.75, 3.05) is 11.4 Å². The number of rotatable bonds is 3. The molecule has 1 amide bonds. The number of hydrogen-bond donors (Lipinski definition) is 0. The van der Waals surface area contributed by atoms with Crippen molar-refractivity contribution >= 4 is 11.6 Å². The summed E-state index contributed by atoms with van der Waals surface area (Å²) < 4.78 is 0. The van der Waals surface area contributed by atoms with E-state index in [1.165, 1.54) is 6.42 Å². The van der Waals surface area contributed by atoms with Gasteiger partial charge in [0, 0.05) is 18.7 Å². The second-order valence-electron chi connectivity index (χ2n) is 4.20. The maximum atomic E-state index is 11.8. The van der Waals surface area contributed by atoms with Crippen LogP contribution in [-0.4, -0.2) is 12.5 Å². The lowest BCUT2D eigenvalue weighted by Gasteiger charge is -2.16. The fourth-order valence-electron chi connectivity index (χ4n) is 2.24. The molecule has 1 aromatic rings. The van der Waals surface area contributed by atoms with Crippen LogP contribution in [0.15, 0.2) is 30.3 Å². The number of nitrogens with zero attached hydrogens (tertiary/aromatic N) is 1. The van der Waals surface area contributed by atoms with Gasteiger partial charge in [0.1, 0.15) is 0 Å². The zero-order valence-electron chi connectivity index (χ0n) is 9.15. The molecule has 2 nitrogen and oxygen atoms in total. The number of carbonyl (C=O) groups is 1. The third-order valence-electron chi connectivity index (χ3n) is 2.97. The molecular formula is C13H17NO. The summed E-state index contributed by atoms with van der Waals surface area (Å²) in [5, 5.41) is 0. The highest BCUT2D eigenvalue weighted by Crippen LogP contribution is 2.27. The van der Waals surface area contributed by atoms with Crippen molar-refractivity contribution in [2.24, 2.45) is 5.92 Å². The second kappa shape index (κ2) is 4.47. The van der Waals surface area contributed by atoms with Gasteiger partial charge in [-0.3, -0.25) is 4.79 Å². The van der Waals surface area contributed by atoms with E-state index >= 15 is 0 Å². The number of anilines is 1. The van der Waals surface area contributed by atoms with Crippen LogP contribution in [0, 0.1) is 5.92 Å². The van der Waals surface area contributed by atoms with E-state index in [-0.39, 0.29) is 5.91 Å². The fraction of sp³-hybridized carbons (Fsp3) is 0.462. The maximum absolute atomic E-state index is 11.8. The topological polar surface area (TPSA) is 20.3 Å². The molecule has 1 saturated heterocycles. The first-order chi connectivity index (χ1) is 7.31. The van der Waals surface area contributed by atoms with Gasteiger partial charge in [-0.2, -0.15) is 0 Å². The first-order valence-electron chi connectivity index (χ1n) is 5.66. The van der Waals surface area contributed by atoms with Crippen LogP contribution in [0.5, 0.6) is 0 Å². The van der Waals surface area contributed by atoms with Crippen LogP contribution in [0.4, 0.5) is 5.69 Å². The first-order valence-corrected chi connectivity index (χ1v) is 5.66. The zero-order chi connectivity index (χ0) is 10.7. The molecule has 80 valence electrons. The Bertz CT molecular complexity index is 334. The lowest BCUT2D eigenvalue weighted by Crippen LogP contribution is -2.24. The minimum Gasteiger partial charge on any atom is -0.312 e. The van der Waals surface area contributed by atoms with Crippen LogP contribution in [-0.2, 0) is 4.79 Å². The number of para-hydroxylation sites is 1. The summed E-state index contributed by atoms with van der Waals surface area (Å²) in [5.41, 5.74) is 1.04. The van der Waals surface area contributed by atoms with Gasteiger partial charge >= 0.3 is 0 Å². The highest BCUT2D eigenvalue weighted by atomic mass is 16.2. The maximum Gasteiger partial charge on any atom is 0.227 e.